The Labute approximate surface area is 102 Å². The molecule has 0 spiro atoms. The van der Waals surface area contributed by atoms with Crippen molar-refractivity contribution >= 4 is 11.9 Å². The number of aliphatic hydroxyl groups excluding tert-OH is 1. The maximum absolute atomic E-state index is 11.1. The number of carbonyl (C=O) groups excluding carboxylic acids is 1. The van der Waals surface area contributed by atoms with Crippen LogP contribution >= 0.6 is 0 Å². The van der Waals surface area contributed by atoms with Gasteiger partial charge in [-0.2, -0.15) is 0 Å². The number of aliphatic hydroxyl groups is 1. The van der Waals surface area contributed by atoms with Gasteiger partial charge in [0.25, 0.3) is 0 Å². The van der Waals surface area contributed by atoms with Crippen LogP contribution in [0.25, 0.3) is 0 Å². The molecular formula is C12H22O5. The van der Waals surface area contributed by atoms with Gasteiger partial charge in [0.2, 0.25) is 0 Å². The Balaban J connectivity index is 3.43. The van der Waals surface area contributed by atoms with Crippen molar-refractivity contribution in [2.24, 2.45) is 5.92 Å². The lowest BCUT2D eigenvalue weighted by atomic mass is 10.1. The zero-order valence-corrected chi connectivity index (χ0v) is 10.5. The van der Waals surface area contributed by atoms with Crippen LogP contribution < -0.4 is 0 Å². The number of unbranched alkanes of at least 4 members (excludes halogenated alkanes) is 2. The lowest BCUT2D eigenvalue weighted by molar-refractivity contribution is -0.155. The molecule has 0 aromatic heterocycles. The van der Waals surface area contributed by atoms with Gasteiger partial charge in [0.15, 0.2) is 6.10 Å². The van der Waals surface area contributed by atoms with Crippen molar-refractivity contribution in [1.29, 1.82) is 0 Å². The first-order valence-corrected chi connectivity index (χ1v) is 6.00. The molecule has 0 fully saturated rings. The molecule has 0 aromatic carbocycles. The van der Waals surface area contributed by atoms with Crippen molar-refractivity contribution in [3.8, 4) is 0 Å². The molecule has 17 heavy (non-hydrogen) atoms. The zero-order valence-electron chi connectivity index (χ0n) is 10.5. The van der Waals surface area contributed by atoms with E-state index in [1.54, 1.807) is 0 Å². The molecular weight excluding hydrogens is 224 g/mol. The van der Waals surface area contributed by atoms with Gasteiger partial charge in [-0.25, -0.2) is 4.79 Å². The molecule has 0 saturated heterocycles. The summed E-state index contributed by atoms with van der Waals surface area (Å²) in [5, 5.41) is 17.3. The van der Waals surface area contributed by atoms with E-state index in [2.05, 4.69) is 13.8 Å². The second-order valence-corrected chi connectivity index (χ2v) is 4.52. The third kappa shape index (κ3) is 9.81. The smallest absolute Gasteiger partial charge is 0.333 e. The second kappa shape index (κ2) is 8.98. The first-order valence-electron chi connectivity index (χ1n) is 6.00. The van der Waals surface area contributed by atoms with Crippen LogP contribution in [0, 0.1) is 5.92 Å². The molecule has 100 valence electrons. The topological polar surface area (TPSA) is 83.8 Å². The van der Waals surface area contributed by atoms with E-state index in [1.807, 2.05) is 0 Å². The Hall–Kier alpha value is -1.10. The summed E-state index contributed by atoms with van der Waals surface area (Å²) in [7, 11) is 0. The Morgan fingerprint density at radius 1 is 1.18 bits per heavy atom. The van der Waals surface area contributed by atoms with Gasteiger partial charge in [-0.15, -0.1) is 0 Å². The van der Waals surface area contributed by atoms with Crippen LogP contribution in [0.3, 0.4) is 0 Å². The van der Waals surface area contributed by atoms with Crippen LogP contribution in [0.5, 0.6) is 0 Å². The molecule has 0 aliphatic rings. The summed E-state index contributed by atoms with van der Waals surface area (Å²) in [4.78, 5) is 21.3. The molecule has 0 radical (unpaired) electrons. The van der Waals surface area contributed by atoms with Crippen LogP contribution in [-0.2, 0) is 14.3 Å². The average Bonchev–Trinajstić information content (AvgIpc) is 2.22. The van der Waals surface area contributed by atoms with Crippen molar-refractivity contribution in [2.75, 3.05) is 6.61 Å². The van der Waals surface area contributed by atoms with Gasteiger partial charge < -0.3 is 14.9 Å². The number of rotatable bonds is 9. The summed E-state index contributed by atoms with van der Waals surface area (Å²) in [6.07, 6.45) is 1.89. The second-order valence-electron chi connectivity index (χ2n) is 4.52. The summed E-state index contributed by atoms with van der Waals surface area (Å²) < 4.78 is 4.81. The lowest BCUT2D eigenvalue weighted by Gasteiger charge is -2.07. The van der Waals surface area contributed by atoms with Crippen molar-refractivity contribution in [2.45, 2.75) is 52.1 Å². The van der Waals surface area contributed by atoms with Crippen LogP contribution in [0.4, 0.5) is 0 Å². The number of carbonyl (C=O) groups is 2. The molecule has 0 aromatic rings. The van der Waals surface area contributed by atoms with Crippen molar-refractivity contribution in [1.82, 2.24) is 0 Å². The highest BCUT2D eigenvalue weighted by Crippen LogP contribution is 2.08. The minimum atomic E-state index is -1.66. The number of esters is 1. The van der Waals surface area contributed by atoms with Gasteiger partial charge in [-0.3, -0.25) is 4.79 Å². The molecule has 0 rings (SSSR count). The standard InChI is InChI=1S/C12H22O5/c1-9(2)6-4-3-5-7-17-11(14)8-10(13)12(15)16/h9-10,13H,3-8H2,1-2H3,(H,15,16). The van der Waals surface area contributed by atoms with Crippen LogP contribution in [0.1, 0.15) is 46.0 Å². The molecule has 5 nitrogen and oxygen atoms in total. The van der Waals surface area contributed by atoms with E-state index in [0.29, 0.717) is 12.5 Å². The minimum absolute atomic E-state index is 0.295. The fraction of sp³-hybridized carbons (Fsp3) is 0.833. The molecule has 0 amide bonds. The van der Waals surface area contributed by atoms with E-state index in [9.17, 15) is 9.59 Å². The van der Waals surface area contributed by atoms with Gasteiger partial charge in [0.1, 0.15) is 0 Å². The van der Waals surface area contributed by atoms with Crippen LogP contribution in [-0.4, -0.2) is 34.9 Å². The highest BCUT2D eigenvalue weighted by Gasteiger charge is 2.18. The predicted molar refractivity (Wildman–Crippen MR) is 62.5 cm³/mol. The first kappa shape index (κ1) is 15.9. The van der Waals surface area contributed by atoms with Gasteiger partial charge in [0, 0.05) is 0 Å². The zero-order chi connectivity index (χ0) is 13.3. The van der Waals surface area contributed by atoms with E-state index < -0.39 is 24.5 Å². The van der Waals surface area contributed by atoms with Crippen molar-refractivity contribution in [3.63, 3.8) is 0 Å². The Bertz CT molecular complexity index is 237. The molecule has 0 aliphatic heterocycles. The quantitative estimate of drug-likeness (QED) is 0.476. The molecule has 1 atom stereocenters. The third-order valence-electron chi connectivity index (χ3n) is 2.33. The predicted octanol–water partition coefficient (Wildman–Crippen LogP) is 1.58. The Morgan fingerprint density at radius 3 is 2.35 bits per heavy atom. The molecule has 0 heterocycles. The Kier molecular flexibility index (Phi) is 8.40. The highest BCUT2D eigenvalue weighted by molar-refractivity contribution is 5.80. The van der Waals surface area contributed by atoms with Crippen molar-refractivity contribution < 1.29 is 24.5 Å². The van der Waals surface area contributed by atoms with Crippen LogP contribution in [0.2, 0.25) is 0 Å². The number of hydrogen-bond acceptors (Lipinski definition) is 4. The minimum Gasteiger partial charge on any atom is -0.479 e. The highest BCUT2D eigenvalue weighted by atomic mass is 16.5. The SMILES string of the molecule is CC(C)CCCCCOC(=O)CC(O)C(=O)O. The average molecular weight is 246 g/mol. The van der Waals surface area contributed by atoms with Gasteiger partial charge >= 0.3 is 11.9 Å². The summed E-state index contributed by atoms with van der Waals surface area (Å²) in [6.45, 7) is 4.61. The van der Waals surface area contributed by atoms with Crippen molar-refractivity contribution in [3.05, 3.63) is 0 Å². The van der Waals surface area contributed by atoms with Gasteiger partial charge in [-0.05, 0) is 12.3 Å². The fourth-order valence-corrected chi connectivity index (χ4v) is 1.32. The number of carboxylic acid groups (broad SMARTS) is 1. The maximum atomic E-state index is 11.1. The van der Waals surface area contributed by atoms with E-state index in [4.69, 9.17) is 14.9 Å². The number of carboxylic acids is 1. The molecule has 0 saturated carbocycles. The van der Waals surface area contributed by atoms with E-state index >= 15 is 0 Å². The van der Waals surface area contributed by atoms with Gasteiger partial charge in [0.05, 0.1) is 13.0 Å². The maximum Gasteiger partial charge on any atom is 0.333 e. The fourth-order valence-electron chi connectivity index (χ4n) is 1.32. The third-order valence-corrected chi connectivity index (χ3v) is 2.33. The van der Waals surface area contributed by atoms with Gasteiger partial charge in [-0.1, -0.05) is 33.1 Å². The summed E-state index contributed by atoms with van der Waals surface area (Å²) in [5.41, 5.74) is 0. The van der Waals surface area contributed by atoms with E-state index in [1.165, 1.54) is 0 Å². The number of ether oxygens (including phenoxy) is 1. The molecule has 2 N–H and O–H groups in total. The van der Waals surface area contributed by atoms with E-state index in [-0.39, 0.29) is 0 Å². The monoisotopic (exact) mass is 246 g/mol. The largest absolute Gasteiger partial charge is 0.479 e. The number of hydrogen-bond donors (Lipinski definition) is 2. The molecule has 0 aliphatic carbocycles. The molecule has 0 bridgehead atoms. The summed E-state index contributed by atoms with van der Waals surface area (Å²) >= 11 is 0. The molecule has 5 heteroatoms. The normalized spacial score (nSPS) is 12.5. The summed E-state index contributed by atoms with van der Waals surface area (Å²) in [5.74, 6) is -1.38. The summed E-state index contributed by atoms with van der Waals surface area (Å²) in [6, 6.07) is 0. The number of aliphatic carboxylic acids is 1. The molecule has 1 unspecified atom stereocenters. The van der Waals surface area contributed by atoms with E-state index in [0.717, 1.165) is 25.7 Å². The Morgan fingerprint density at radius 2 is 1.82 bits per heavy atom. The first-order chi connectivity index (χ1) is 7.93. The van der Waals surface area contributed by atoms with Crippen LogP contribution in [0.15, 0.2) is 0 Å². The lowest BCUT2D eigenvalue weighted by Crippen LogP contribution is -2.24.